The highest BCUT2D eigenvalue weighted by molar-refractivity contribution is 8.26. The summed E-state index contributed by atoms with van der Waals surface area (Å²) in [7, 11) is 0. The van der Waals surface area contributed by atoms with E-state index in [1.165, 1.54) is 11.8 Å². The molecular weight excluding hydrogens is 354 g/mol. The normalized spacial score (nSPS) is 16.0. The van der Waals surface area contributed by atoms with Crippen molar-refractivity contribution in [2.75, 3.05) is 19.8 Å². The van der Waals surface area contributed by atoms with Gasteiger partial charge in [-0.1, -0.05) is 50.3 Å². The Kier molecular flexibility index (Phi) is 7.78. The summed E-state index contributed by atoms with van der Waals surface area (Å²) in [6.07, 6.45) is 4.85. The van der Waals surface area contributed by atoms with Crippen molar-refractivity contribution in [2.24, 2.45) is 0 Å². The van der Waals surface area contributed by atoms with Crippen LogP contribution in [0.5, 0.6) is 11.5 Å². The molecule has 1 aliphatic heterocycles. The van der Waals surface area contributed by atoms with Gasteiger partial charge >= 0.3 is 0 Å². The summed E-state index contributed by atoms with van der Waals surface area (Å²) in [6, 6.07) is 5.76. The lowest BCUT2D eigenvalue weighted by Crippen LogP contribution is -2.28. The molecule has 0 aromatic heterocycles. The van der Waals surface area contributed by atoms with Gasteiger partial charge in [-0.25, -0.2) is 0 Å². The Morgan fingerprint density at radius 3 is 2.64 bits per heavy atom. The number of hydrogen-bond donors (Lipinski definition) is 0. The van der Waals surface area contributed by atoms with E-state index in [4.69, 9.17) is 21.7 Å². The Morgan fingerprint density at radius 2 is 1.96 bits per heavy atom. The number of carbonyl (C=O) groups excluding carboxylic acids is 1. The van der Waals surface area contributed by atoms with Crippen LogP contribution in [0.4, 0.5) is 0 Å². The van der Waals surface area contributed by atoms with E-state index in [0.717, 1.165) is 30.6 Å². The summed E-state index contributed by atoms with van der Waals surface area (Å²) in [5, 5.41) is 0. The van der Waals surface area contributed by atoms with Gasteiger partial charge < -0.3 is 9.47 Å². The molecule has 136 valence electrons. The molecule has 0 spiro atoms. The molecule has 0 atom stereocenters. The molecule has 0 N–H and O–H groups in total. The highest BCUT2D eigenvalue weighted by Gasteiger charge is 2.31. The quantitative estimate of drug-likeness (QED) is 0.347. The van der Waals surface area contributed by atoms with E-state index in [2.05, 4.69) is 6.92 Å². The number of ether oxygens (including phenoxy) is 2. The van der Waals surface area contributed by atoms with Gasteiger partial charge in [0.25, 0.3) is 5.91 Å². The first-order chi connectivity index (χ1) is 12.1. The van der Waals surface area contributed by atoms with Crippen LogP contribution in [0, 0.1) is 0 Å². The van der Waals surface area contributed by atoms with Crippen molar-refractivity contribution < 1.29 is 14.3 Å². The second kappa shape index (κ2) is 9.82. The maximum absolute atomic E-state index is 12.5. The van der Waals surface area contributed by atoms with Gasteiger partial charge in [0.05, 0.1) is 18.1 Å². The van der Waals surface area contributed by atoms with Gasteiger partial charge in [0.1, 0.15) is 4.32 Å². The SMILES string of the molecule is CCCCOc1ccc(/C=C2/SC(=S)N(CCC)C2=O)cc1OCC. The third-order valence-electron chi connectivity index (χ3n) is 3.64. The van der Waals surface area contributed by atoms with Gasteiger partial charge in [-0.15, -0.1) is 0 Å². The highest BCUT2D eigenvalue weighted by atomic mass is 32.2. The summed E-state index contributed by atoms with van der Waals surface area (Å²) in [4.78, 5) is 14.8. The average Bonchev–Trinajstić information content (AvgIpc) is 2.85. The van der Waals surface area contributed by atoms with Crippen LogP contribution < -0.4 is 9.47 Å². The zero-order valence-corrected chi connectivity index (χ0v) is 16.7. The van der Waals surface area contributed by atoms with Crippen molar-refractivity contribution >= 4 is 40.3 Å². The minimum absolute atomic E-state index is 0.0157. The maximum atomic E-state index is 12.5. The van der Waals surface area contributed by atoms with Crippen LogP contribution in [-0.2, 0) is 4.79 Å². The fourth-order valence-corrected chi connectivity index (χ4v) is 3.70. The number of carbonyl (C=O) groups is 1. The van der Waals surface area contributed by atoms with E-state index >= 15 is 0 Å². The maximum Gasteiger partial charge on any atom is 0.266 e. The third kappa shape index (κ3) is 5.22. The molecule has 2 rings (SSSR count). The Labute approximate surface area is 159 Å². The average molecular weight is 380 g/mol. The molecule has 1 fully saturated rings. The molecule has 1 aromatic rings. The Morgan fingerprint density at radius 1 is 1.16 bits per heavy atom. The van der Waals surface area contributed by atoms with Crippen LogP contribution >= 0.6 is 24.0 Å². The zero-order valence-electron chi connectivity index (χ0n) is 15.0. The van der Waals surface area contributed by atoms with Gasteiger partial charge in [0.15, 0.2) is 11.5 Å². The third-order valence-corrected chi connectivity index (χ3v) is 5.02. The summed E-state index contributed by atoms with van der Waals surface area (Å²) in [5.41, 5.74) is 0.906. The molecule has 0 aliphatic carbocycles. The van der Waals surface area contributed by atoms with Crippen LogP contribution in [0.2, 0.25) is 0 Å². The second-order valence-electron chi connectivity index (χ2n) is 5.67. The van der Waals surface area contributed by atoms with Crippen molar-refractivity contribution in [3.63, 3.8) is 0 Å². The first-order valence-electron chi connectivity index (χ1n) is 8.75. The molecule has 0 saturated carbocycles. The molecule has 1 aliphatic rings. The van der Waals surface area contributed by atoms with Crippen molar-refractivity contribution in [1.82, 2.24) is 4.90 Å². The Balaban J connectivity index is 2.20. The zero-order chi connectivity index (χ0) is 18.2. The Hall–Kier alpha value is -1.53. The molecule has 6 heteroatoms. The highest BCUT2D eigenvalue weighted by Crippen LogP contribution is 2.35. The first kappa shape index (κ1) is 19.8. The van der Waals surface area contributed by atoms with Crippen LogP contribution in [0.25, 0.3) is 6.08 Å². The van der Waals surface area contributed by atoms with Gasteiger partial charge in [0.2, 0.25) is 0 Å². The summed E-state index contributed by atoms with van der Waals surface area (Å²) in [5.74, 6) is 1.43. The van der Waals surface area contributed by atoms with Gasteiger partial charge in [-0.3, -0.25) is 9.69 Å². The number of rotatable bonds is 9. The molecule has 0 bridgehead atoms. The molecule has 0 unspecified atom stereocenters. The monoisotopic (exact) mass is 379 g/mol. The summed E-state index contributed by atoms with van der Waals surface area (Å²) < 4.78 is 12.1. The molecule has 0 radical (unpaired) electrons. The fourth-order valence-electron chi connectivity index (χ4n) is 2.40. The van der Waals surface area contributed by atoms with E-state index in [1.54, 1.807) is 4.90 Å². The summed E-state index contributed by atoms with van der Waals surface area (Å²) >= 11 is 6.66. The molecular formula is C19H25NO3S2. The first-order valence-corrected chi connectivity index (χ1v) is 9.98. The predicted molar refractivity (Wildman–Crippen MR) is 108 cm³/mol. The van der Waals surface area contributed by atoms with E-state index in [-0.39, 0.29) is 5.91 Å². The molecule has 1 saturated heterocycles. The van der Waals surface area contributed by atoms with Crippen LogP contribution in [0.15, 0.2) is 23.1 Å². The minimum Gasteiger partial charge on any atom is -0.490 e. The molecule has 1 aromatic carbocycles. The topological polar surface area (TPSA) is 38.8 Å². The van der Waals surface area contributed by atoms with E-state index in [9.17, 15) is 4.79 Å². The number of thiocarbonyl (C=S) groups is 1. The van der Waals surface area contributed by atoms with Gasteiger partial charge in [-0.05, 0) is 43.5 Å². The molecule has 1 amide bonds. The minimum atomic E-state index is -0.0157. The Bertz CT molecular complexity index is 658. The number of thioether (sulfide) groups is 1. The van der Waals surface area contributed by atoms with E-state index < -0.39 is 0 Å². The lowest BCUT2D eigenvalue weighted by Gasteiger charge is -2.13. The fraction of sp³-hybridized carbons (Fsp3) is 0.474. The number of unbranched alkanes of at least 4 members (excludes halogenated alkanes) is 1. The number of benzene rings is 1. The number of nitrogens with zero attached hydrogens (tertiary/aromatic N) is 1. The van der Waals surface area contributed by atoms with Crippen molar-refractivity contribution in [3.05, 3.63) is 28.7 Å². The van der Waals surface area contributed by atoms with Gasteiger partial charge in [0, 0.05) is 6.54 Å². The predicted octanol–water partition coefficient (Wildman–Crippen LogP) is 4.88. The van der Waals surface area contributed by atoms with Crippen molar-refractivity contribution in [2.45, 2.75) is 40.0 Å². The second-order valence-corrected chi connectivity index (χ2v) is 7.35. The smallest absolute Gasteiger partial charge is 0.266 e. The van der Waals surface area contributed by atoms with Crippen LogP contribution in [0.1, 0.15) is 45.6 Å². The van der Waals surface area contributed by atoms with Crippen molar-refractivity contribution in [1.29, 1.82) is 0 Å². The van der Waals surface area contributed by atoms with Crippen molar-refractivity contribution in [3.8, 4) is 11.5 Å². The van der Waals surface area contributed by atoms with E-state index in [1.807, 2.05) is 38.1 Å². The van der Waals surface area contributed by atoms with Gasteiger partial charge in [-0.2, -0.15) is 0 Å². The number of amides is 1. The molecule has 1 heterocycles. The van der Waals surface area contributed by atoms with Crippen LogP contribution in [0.3, 0.4) is 0 Å². The van der Waals surface area contributed by atoms with Crippen LogP contribution in [-0.4, -0.2) is 34.9 Å². The molecule has 4 nitrogen and oxygen atoms in total. The molecule has 25 heavy (non-hydrogen) atoms. The van der Waals surface area contributed by atoms with E-state index in [0.29, 0.717) is 34.7 Å². The number of hydrogen-bond acceptors (Lipinski definition) is 5. The summed E-state index contributed by atoms with van der Waals surface area (Å²) in [6.45, 7) is 8.01. The standard InChI is InChI=1S/C19H25NO3S2/c1-4-7-11-23-15-9-8-14(12-16(15)22-6-3)13-17-18(21)20(10-5-2)19(24)25-17/h8-9,12-13H,4-7,10-11H2,1-3H3/b17-13+. The lowest BCUT2D eigenvalue weighted by atomic mass is 10.2. The largest absolute Gasteiger partial charge is 0.490 e. The lowest BCUT2D eigenvalue weighted by molar-refractivity contribution is -0.122.